The predicted octanol–water partition coefficient (Wildman–Crippen LogP) is 1.32. The Kier molecular flexibility index (Phi) is 3.05. The van der Waals surface area contributed by atoms with Gasteiger partial charge in [0.25, 0.3) is 0 Å². The number of hydrogen-bond donors (Lipinski definition) is 3. The summed E-state index contributed by atoms with van der Waals surface area (Å²) in [6, 6.07) is 6.83. The molecule has 68 valence electrons. The maximum absolute atomic E-state index is 10.8. The molecule has 0 saturated heterocycles. The summed E-state index contributed by atoms with van der Waals surface area (Å²) in [4.78, 5) is 10.8. The van der Waals surface area contributed by atoms with Crippen molar-refractivity contribution in [2.45, 2.75) is 0 Å². The Labute approximate surface area is 76.4 Å². The quantitative estimate of drug-likeness (QED) is 0.362. The van der Waals surface area contributed by atoms with Gasteiger partial charge in [0.2, 0.25) is 0 Å². The van der Waals surface area contributed by atoms with Crippen LogP contribution in [-0.4, -0.2) is 6.03 Å². The molecule has 1 aromatic rings. The first-order chi connectivity index (χ1) is 6.26. The molecule has 4 nitrogen and oxygen atoms in total. The van der Waals surface area contributed by atoms with Crippen molar-refractivity contribution in [1.29, 1.82) is 0 Å². The Hall–Kier alpha value is -1.81. The van der Waals surface area contributed by atoms with Crippen LogP contribution in [0, 0.1) is 0 Å². The lowest BCUT2D eigenvalue weighted by atomic mass is 10.2. The van der Waals surface area contributed by atoms with Crippen LogP contribution < -0.4 is 16.6 Å². The molecule has 0 atom stereocenters. The number of hydrogen-bond acceptors (Lipinski definition) is 2. The van der Waals surface area contributed by atoms with E-state index in [9.17, 15) is 4.79 Å². The molecule has 0 aliphatic carbocycles. The average Bonchev–Trinajstić information content (AvgIpc) is 2.18. The lowest BCUT2D eigenvalue weighted by Gasteiger charge is -2.04. The van der Waals surface area contributed by atoms with E-state index < -0.39 is 6.03 Å². The van der Waals surface area contributed by atoms with Gasteiger partial charge in [-0.3, -0.25) is 5.43 Å². The molecular weight excluding hydrogens is 166 g/mol. The van der Waals surface area contributed by atoms with Crippen LogP contribution in [0.3, 0.4) is 0 Å². The Morgan fingerprint density at radius 1 is 1.54 bits per heavy atom. The van der Waals surface area contributed by atoms with Crippen molar-refractivity contribution in [3.63, 3.8) is 0 Å². The number of urea groups is 1. The standard InChI is InChI=1S/C9H11N3O/c1-2-7-4-3-5-8(6-7)11-9(13)12-10/h2-6H,1,10H2,(H2,11,12,13). The van der Waals surface area contributed by atoms with E-state index in [1.165, 1.54) is 0 Å². The molecule has 0 heterocycles. The fourth-order valence-electron chi connectivity index (χ4n) is 0.911. The molecule has 0 unspecified atom stereocenters. The molecule has 0 aliphatic rings. The van der Waals surface area contributed by atoms with Crippen molar-refractivity contribution >= 4 is 17.8 Å². The summed E-state index contributed by atoms with van der Waals surface area (Å²) >= 11 is 0. The molecule has 1 aromatic carbocycles. The van der Waals surface area contributed by atoms with Gasteiger partial charge in [-0.05, 0) is 17.7 Å². The first-order valence-corrected chi connectivity index (χ1v) is 3.76. The Balaban J connectivity index is 2.77. The third kappa shape index (κ3) is 2.61. The second-order valence-corrected chi connectivity index (χ2v) is 2.43. The van der Waals surface area contributed by atoms with Gasteiger partial charge in [-0.25, -0.2) is 10.6 Å². The summed E-state index contributed by atoms with van der Waals surface area (Å²) in [5.41, 5.74) is 3.60. The molecular formula is C9H11N3O. The highest BCUT2D eigenvalue weighted by molar-refractivity contribution is 5.89. The van der Waals surface area contributed by atoms with Crippen molar-refractivity contribution in [2.75, 3.05) is 5.32 Å². The summed E-state index contributed by atoms with van der Waals surface area (Å²) < 4.78 is 0. The van der Waals surface area contributed by atoms with Gasteiger partial charge in [-0.1, -0.05) is 24.8 Å². The highest BCUT2D eigenvalue weighted by Gasteiger charge is 1.97. The van der Waals surface area contributed by atoms with Crippen LogP contribution in [0.1, 0.15) is 5.56 Å². The number of anilines is 1. The number of rotatable bonds is 2. The molecule has 1 rings (SSSR count). The summed E-state index contributed by atoms with van der Waals surface area (Å²) in [5, 5.41) is 2.54. The number of hydrazine groups is 1. The maximum atomic E-state index is 10.8. The first kappa shape index (κ1) is 9.28. The molecule has 4 N–H and O–H groups in total. The highest BCUT2D eigenvalue weighted by atomic mass is 16.2. The van der Waals surface area contributed by atoms with E-state index in [2.05, 4.69) is 11.9 Å². The van der Waals surface area contributed by atoms with Crippen LogP contribution in [-0.2, 0) is 0 Å². The van der Waals surface area contributed by atoms with Gasteiger partial charge in [-0.2, -0.15) is 0 Å². The summed E-state index contributed by atoms with van der Waals surface area (Å²) in [6.45, 7) is 3.62. The zero-order chi connectivity index (χ0) is 9.68. The minimum absolute atomic E-state index is 0.443. The molecule has 2 amide bonds. The van der Waals surface area contributed by atoms with Crippen LogP contribution in [0.2, 0.25) is 0 Å². The summed E-state index contributed by atoms with van der Waals surface area (Å²) in [7, 11) is 0. The maximum Gasteiger partial charge on any atom is 0.333 e. The number of amides is 2. The fraction of sp³-hybridized carbons (Fsp3) is 0. The van der Waals surface area contributed by atoms with E-state index in [1.54, 1.807) is 18.2 Å². The van der Waals surface area contributed by atoms with Crippen LogP contribution in [0.4, 0.5) is 10.5 Å². The first-order valence-electron chi connectivity index (χ1n) is 3.76. The van der Waals surface area contributed by atoms with E-state index in [0.29, 0.717) is 5.69 Å². The molecule has 0 fully saturated rings. The minimum Gasteiger partial charge on any atom is -0.307 e. The Morgan fingerprint density at radius 2 is 2.31 bits per heavy atom. The number of nitrogens with two attached hydrogens (primary N) is 1. The third-order valence-corrected chi connectivity index (χ3v) is 1.51. The van der Waals surface area contributed by atoms with Crippen molar-refractivity contribution in [1.82, 2.24) is 5.43 Å². The molecule has 0 spiro atoms. The van der Waals surface area contributed by atoms with E-state index >= 15 is 0 Å². The van der Waals surface area contributed by atoms with E-state index in [4.69, 9.17) is 5.84 Å². The highest BCUT2D eigenvalue weighted by Crippen LogP contribution is 2.10. The van der Waals surface area contributed by atoms with Gasteiger partial charge in [-0.15, -0.1) is 0 Å². The largest absolute Gasteiger partial charge is 0.333 e. The fourth-order valence-corrected chi connectivity index (χ4v) is 0.911. The van der Waals surface area contributed by atoms with E-state index in [0.717, 1.165) is 5.56 Å². The van der Waals surface area contributed by atoms with E-state index in [1.807, 2.05) is 17.6 Å². The molecule has 0 aliphatic heterocycles. The van der Waals surface area contributed by atoms with E-state index in [-0.39, 0.29) is 0 Å². The molecule has 13 heavy (non-hydrogen) atoms. The number of nitrogens with one attached hydrogen (secondary N) is 2. The second kappa shape index (κ2) is 4.27. The zero-order valence-electron chi connectivity index (χ0n) is 7.08. The van der Waals surface area contributed by atoms with Crippen LogP contribution in [0.15, 0.2) is 30.8 Å². The summed E-state index contributed by atoms with van der Waals surface area (Å²) in [6.07, 6.45) is 1.70. The predicted molar refractivity (Wildman–Crippen MR) is 52.9 cm³/mol. The van der Waals surface area contributed by atoms with Crippen molar-refractivity contribution < 1.29 is 4.79 Å². The van der Waals surface area contributed by atoms with Crippen molar-refractivity contribution in [3.05, 3.63) is 36.4 Å². The zero-order valence-corrected chi connectivity index (χ0v) is 7.08. The molecule has 0 bridgehead atoms. The van der Waals surface area contributed by atoms with Gasteiger partial charge in [0.1, 0.15) is 0 Å². The molecule has 4 heteroatoms. The summed E-state index contributed by atoms with van der Waals surface area (Å²) in [5.74, 6) is 4.91. The van der Waals surface area contributed by atoms with Gasteiger partial charge in [0.05, 0.1) is 0 Å². The molecule has 0 radical (unpaired) electrons. The SMILES string of the molecule is C=Cc1cccc(NC(=O)NN)c1. The Morgan fingerprint density at radius 3 is 2.92 bits per heavy atom. The topological polar surface area (TPSA) is 67.2 Å². The molecule has 0 aromatic heterocycles. The van der Waals surface area contributed by atoms with Crippen molar-refractivity contribution in [3.8, 4) is 0 Å². The van der Waals surface area contributed by atoms with Crippen molar-refractivity contribution in [2.24, 2.45) is 5.84 Å². The number of benzene rings is 1. The smallest absolute Gasteiger partial charge is 0.307 e. The van der Waals surface area contributed by atoms with Gasteiger partial charge in [0, 0.05) is 5.69 Å². The monoisotopic (exact) mass is 177 g/mol. The van der Waals surface area contributed by atoms with Crippen LogP contribution >= 0.6 is 0 Å². The van der Waals surface area contributed by atoms with Gasteiger partial charge < -0.3 is 5.32 Å². The normalized spacial score (nSPS) is 9.00. The Bertz CT molecular complexity index is 322. The van der Waals surface area contributed by atoms with Crippen LogP contribution in [0.5, 0.6) is 0 Å². The second-order valence-electron chi connectivity index (χ2n) is 2.43. The third-order valence-electron chi connectivity index (χ3n) is 1.51. The minimum atomic E-state index is -0.443. The van der Waals surface area contributed by atoms with Gasteiger partial charge >= 0.3 is 6.03 Å². The lowest BCUT2D eigenvalue weighted by molar-refractivity contribution is 0.252. The average molecular weight is 177 g/mol. The number of carbonyl (C=O) groups is 1. The molecule has 0 saturated carbocycles. The van der Waals surface area contributed by atoms with Crippen LogP contribution in [0.25, 0.3) is 6.08 Å². The lowest BCUT2D eigenvalue weighted by Crippen LogP contribution is -2.34. The van der Waals surface area contributed by atoms with Gasteiger partial charge in [0.15, 0.2) is 0 Å². The number of carbonyl (C=O) groups excluding carboxylic acids is 1.